The van der Waals surface area contributed by atoms with Gasteiger partial charge in [-0.25, -0.2) is 9.59 Å². The van der Waals surface area contributed by atoms with E-state index in [1.807, 2.05) is 0 Å². The third-order valence-electron chi connectivity index (χ3n) is 8.05. The molecule has 52 heavy (non-hydrogen) atoms. The monoisotopic (exact) mass is 714 g/mol. The first-order chi connectivity index (χ1) is 24.8. The Balaban J connectivity index is 1.39. The number of ether oxygens (including phenoxy) is 4. The minimum absolute atomic E-state index is 0.0200. The van der Waals surface area contributed by atoms with Gasteiger partial charge in [0.1, 0.15) is 40.1 Å². The molecular weight excluding hydrogens is 684 g/mol. The van der Waals surface area contributed by atoms with Gasteiger partial charge in [-0.3, -0.25) is 4.79 Å². The van der Waals surface area contributed by atoms with Crippen molar-refractivity contribution in [2.24, 2.45) is 0 Å². The summed E-state index contributed by atoms with van der Waals surface area (Å²) in [5.41, 5.74) is -0.850. The van der Waals surface area contributed by atoms with Crippen molar-refractivity contribution >= 4 is 29.0 Å². The van der Waals surface area contributed by atoms with Crippen molar-refractivity contribution in [1.82, 2.24) is 0 Å². The van der Waals surface area contributed by atoms with Crippen molar-refractivity contribution in [3.63, 3.8) is 0 Å². The molecule has 7 N–H and O–H groups in total. The SMILES string of the molecule is C[C@@H]1O[C@@H](Oc2c(-c3ccc(O)c(O)c3)oc3cc(O)cc(O)c3c2=O)[C@H](OC(=O)c2ccc(O)cc2)[C@H](O)[C@H]1OC(=O)/C=C/c1ccc(O)cc1. The van der Waals surface area contributed by atoms with E-state index in [0.717, 1.165) is 30.3 Å². The summed E-state index contributed by atoms with van der Waals surface area (Å²) in [5, 5.41) is 71.1. The molecule has 1 fully saturated rings. The van der Waals surface area contributed by atoms with Crippen molar-refractivity contribution in [3.05, 3.63) is 106 Å². The smallest absolute Gasteiger partial charge is 0.338 e. The van der Waals surface area contributed by atoms with E-state index in [4.69, 9.17) is 23.4 Å². The summed E-state index contributed by atoms with van der Waals surface area (Å²) in [6, 6.07) is 16.2. The number of aliphatic hydroxyl groups excluding tert-OH is 1. The van der Waals surface area contributed by atoms with Crippen molar-refractivity contribution in [3.8, 4) is 51.6 Å². The first kappa shape index (κ1) is 35.1. The van der Waals surface area contributed by atoms with Crippen molar-refractivity contribution in [1.29, 1.82) is 0 Å². The molecule has 0 saturated carbocycles. The zero-order chi connectivity index (χ0) is 37.3. The van der Waals surface area contributed by atoms with Crippen LogP contribution in [0.25, 0.3) is 28.4 Å². The molecule has 0 spiro atoms. The molecule has 5 aromatic rings. The number of phenolic OH excluding ortho intramolecular Hbond substituents is 6. The number of aromatic hydroxyl groups is 6. The average Bonchev–Trinajstić information content (AvgIpc) is 3.10. The minimum Gasteiger partial charge on any atom is -0.508 e. The number of esters is 2. The molecule has 1 saturated heterocycles. The van der Waals surface area contributed by atoms with Gasteiger partial charge in [0.25, 0.3) is 0 Å². The number of hydrogen-bond acceptors (Lipinski definition) is 15. The highest BCUT2D eigenvalue weighted by Crippen LogP contribution is 2.40. The normalized spacial score (nSPS) is 20.1. The van der Waals surface area contributed by atoms with Crippen LogP contribution in [0.4, 0.5) is 0 Å². The Hall–Kier alpha value is -6.71. The van der Waals surface area contributed by atoms with Crippen LogP contribution < -0.4 is 10.2 Å². The van der Waals surface area contributed by atoms with E-state index in [-0.39, 0.29) is 34.0 Å². The van der Waals surface area contributed by atoms with Gasteiger partial charge in [0.05, 0.1) is 11.7 Å². The summed E-state index contributed by atoms with van der Waals surface area (Å²) < 4.78 is 29.0. The Kier molecular flexibility index (Phi) is 9.63. The van der Waals surface area contributed by atoms with E-state index < -0.39 is 82.2 Å². The molecule has 4 aromatic carbocycles. The maximum Gasteiger partial charge on any atom is 0.338 e. The fourth-order valence-corrected chi connectivity index (χ4v) is 5.44. The van der Waals surface area contributed by atoms with E-state index in [9.17, 15) is 50.1 Å². The lowest BCUT2D eigenvalue weighted by molar-refractivity contribution is -0.271. The van der Waals surface area contributed by atoms with Gasteiger partial charge in [0, 0.05) is 23.8 Å². The number of hydrogen-bond donors (Lipinski definition) is 7. The van der Waals surface area contributed by atoms with Crippen LogP contribution in [0.2, 0.25) is 0 Å². The lowest BCUT2D eigenvalue weighted by atomic mass is 9.99. The van der Waals surface area contributed by atoms with Gasteiger partial charge < -0.3 is 59.1 Å². The first-order valence-electron chi connectivity index (χ1n) is 15.5. The molecule has 0 aliphatic carbocycles. The standard InChI is InChI=1S/C37H30O15/c1-17-32(50-28(44)13-4-18-2-8-21(38)9-3-18)31(46)35(51-36(47)19-5-10-22(39)11-6-19)37(48-17)52-34-30(45)29-26(43)15-23(40)16-27(29)49-33(34)20-7-12-24(41)25(42)14-20/h2-17,31-32,35,37-43,46H,1H3/b13-4+/t17-,31+,32-,35+,37-/m0/s1. The van der Waals surface area contributed by atoms with E-state index in [1.165, 1.54) is 55.5 Å². The van der Waals surface area contributed by atoms with E-state index >= 15 is 0 Å². The molecule has 0 amide bonds. The fraction of sp³-hybridized carbons (Fsp3) is 0.162. The molecule has 1 aromatic heterocycles. The van der Waals surface area contributed by atoms with Crippen LogP contribution in [0.3, 0.4) is 0 Å². The number of rotatable bonds is 8. The van der Waals surface area contributed by atoms with E-state index in [1.54, 1.807) is 12.1 Å². The predicted octanol–water partition coefficient (Wildman–Crippen LogP) is 4.03. The van der Waals surface area contributed by atoms with Crippen LogP contribution in [0.15, 0.2) is 94.2 Å². The lowest BCUT2D eigenvalue weighted by Crippen LogP contribution is -2.61. The summed E-state index contributed by atoms with van der Waals surface area (Å²) >= 11 is 0. The van der Waals surface area contributed by atoms with E-state index in [0.29, 0.717) is 5.56 Å². The van der Waals surface area contributed by atoms with Gasteiger partial charge in [-0.1, -0.05) is 12.1 Å². The average molecular weight is 715 g/mol. The summed E-state index contributed by atoms with van der Waals surface area (Å²) in [7, 11) is 0. The van der Waals surface area contributed by atoms with Crippen molar-refractivity contribution in [2.45, 2.75) is 37.6 Å². The molecule has 0 bridgehead atoms. The maximum absolute atomic E-state index is 14.0. The summed E-state index contributed by atoms with van der Waals surface area (Å²) in [4.78, 5) is 40.1. The topological polar surface area (TPSA) is 243 Å². The van der Waals surface area contributed by atoms with Gasteiger partial charge in [-0.05, 0) is 73.2 Å². The minimum atomic E-state index is -1.85. The number of carbonyl (C=O) groups excluding carboxylic acids is 2. The number of fused-ring (bicyclic) bond motifs is 1. The Morgan fingerprint density at radius 3 is 2.10 bits per heavy atom. The second-order valence-corrected chi connectivity index (χ2v) is 11.7. The number of aliphatic hydroxyl groups is 1. The largest absolute Gasteiger partial charge is 0.508 e. The molecule has 5 atom stereocenters. The Morgan fingerprint density at radius 1 is 0.750 bits per heavy atom. The van der Waals surface area contributed by atoms with Crippen molar-refractivity contribution in [2.75, 3.05) is 0 Å². The molecular formula is C37H30O15. The van der Waals surface area contributed by atoms with Crippen LogP contribution in [0, 0.1) is 0 Å². The quantitative estimate of drug-likeness (QED) is 0.0682. The van der Waals surface area contributed by atoms with Crippen LogP contribution in [-0.2, 0) is 19.0 Å². The summed E-state index contributed by atoms with van der Waals surface area (Å²) in [5.74, 6) is -5.37. The number of benzene rings is 4. The van der Waals surface area contributed by atoms with Gasteiger partial charge in [-0.15, -0.1) is 0 Å². The molecule has 2 heterocycles. The van der Waals surface area contributed by atoms with Gasteiger partial charge >= 0.3 is 11.9 Å². The molecule has 6 rings (SSSR count). The van der Waals surface area contributed by atoms with Gasteiger partial charge in [0.15, 0.2) is 29.5 Å². The number of carbonyl (C=O) groups is 2. The molecule has 1 aliphatic rings. The molecule has 15 nitrogen and oxygen atoms in total. The zero-order valence-corrected chi connectivity index (χ0v) is 26.9. The number of phenols is 6. The second kappa shape index (κ2) is 14.3. The Bertz CT molecular complexity index is 2220. The van der Waals surface area contributed by atoms with Gasteiger partial charge in [0.2, 0.25) is 17.5 Å². The molecule has 15 heteroatoms. The lowest BCUT2D eigenvalue weighted by Gasteiger charge is -2.42. The third-order valence-corrected chi connectivity index (χ3v) is 8.05. The van der Waals surface area contributed by atoms with Crippen molar-refractivity contribution < 1.29 is 68.7 Å². The molecule has 268 valence electrons. The van der Waals surface area contributed by atoms with Crippen LogP contribution in [0.1, 0.15) is 22.8 Å². The third kappa shape index (κ3) is 7.26. The second-order valence-electron chi connectivity index (χ2n) is 11.7. The summed E-state index contributed by atoms with van der Waals surface area (Å²) in [6.07, 6.45) is -5.67. The van der Waals surface area contributed by atoms with Gasteiger partial charge in [-0.2, -0.15) is 0 Å². The van der Waals surface area contributed by atoms with Crippen LogP contribution in [-0.4, -0.2) is 78.4 Å². The zero-order valence-electron chi connectivity index (χ0n) is 26.9. The highest BCUT2D eigenvalue weighted by Gasteiger charge is 2.50. The molecule has 1 aliphatic heterocycles. The summed E-state index contributed by atoms with van der Waals surface area (Å²) in [6.45, 7) is 1.41. The Morgan fingerprint density at radius 2 is 1.42 bits per heavy atom. The first-order valence-corrected chi connectivity index (χ1v) is 15.5. The molecule has 0 radical (unpaired) electrons. The molecule has 0 unspecified atom stereocenters. The maximum atomic E-state index is 14.0. The van der Waals surface area contributed by atoms with Crippen LogP contribution in [0.5, 0.6) is 40.2 Å². The highest BCUT2D eigenvalue weighted by atomic mass is 16.7. The highest BCUT2D eigenvalue weighted by molar-refractivity contribution is 5.90. The fourth-order valence-electron chi connectivity index (χ4n) is 5.44. The Labute approximate surface area is 293 Å². The van der Waals surface area contributed by atoms with E-state index in [2.05, 4.69) is 0 Å². The van der Waals surface area contributed by atoms with Crippen LogP contribution >= 0.6 is 0 Å². The predicted molar refractivity (Wildman–Crippen MR) is 180 cm³/mol.